The van der Waals surface area contributed by atoms with E-state index in [2.05, 4.69) is 16.8 Å². The van der Waals surface area contributed by atoms with E-state index in [1.54, 1.807) is 4.90 Å². The first kappa shape index (κ1) is 18.4. The monoisotopic (exact) mass is 370 g/mol. The summed E-state index contributed by atoms with van der Waals surface area (Å²) in [6.07, 6.45) is 3.73. The molecule has 2 fully saturated rings. The summed E-state index contributed by atoms with van der Waals surface area (Å²) >= 11 is 0. The number of piperidine rings is 1. The topological polar surface area (TPSA) is 47.1 Å². The number of aryl methyl sites for hydroxylation is 1. The Morgan fingerprint density at radius 2 is 1.67 bits per heavy atom. The predicted molar refractivity (Wildman–Crippen MR) is 106 cm³/mol. The van der Waals surface area contributed by atoms with Gasteiger partial charge in [0.05, 0.1) is 0 Å². The van der Waals surface area contributed by atoms with E-state index >= 15 is 0 Å². The van der Waals surface area contributed by atoms with Gasteiger partial charge < -0.3 is 14.7 Å². The molecule has 4 rings (SSSR count). The third-order valence-corrected chi connectivity index (χ3v) is 6.48. The number of carbonyl (C=O) groups excluding carboxylic acids is 2. The maximum Gasteiger partial charge on any atom is 0.253 e. The van der Waals surface area contributed by atoms with Crippen LogP contribution < -0.4 is 4.90 Å². The number of rotatable bonds is 2. The number of carbonyl (C=O) groups is 2. The second-order valence-electron chi connectivity index (χ2n) is 8.16. The minimum atomic E-state index is 0.125. The van der Waals surface area contributed by atoms with E-state index in [1.807, 2.05) is 30.1 Å². The average molecular weight is 370 g/mol. The van der Waals surface area contributed by atoms with Crippen LogP contribution in [-0.2, 0) is 11.2 Å². The summed E-state index contributed by atoms with van der Waals surface area (Å²) in [5.41, 5.74) is 2.80. The highest BCUT2D eigenvalue weighted by Crippen LogP contribution is 2.28. The highest BCUT2D eigenvalue weighted by atomic mass is 16.2. The first-order valence-electron chi connectivity index (χ1n) is 10.1. The van der Waals surface area contributed by atoms with Crippen LogP contribution in [0.5, 0.6) is 0 Å². The molecule has 0 unspecified atom stereocenters. The zero-order chi connectivity index (χ0) is 19.0. The van der Waals surface area contributed by atoms with E-state index in [1.165, 1.54) is 25.9 Å². The van der Waals surface area contributed by atoms with E-state index in [0.29, 0.717) is 12.5 Å². The number of fused-ring (bicyclic) bond motifs is 1. The Labute approximate surface area is 161 Å². The van der Waals surface area contributed by atoms with Crippen LogP contribution in [0.15, 0.2) is 18.2 Å². The number of hydrogen-bond acceptors (Lipinski definition) is 4. The number of amides is 2. The van der Waals surface area contributed by atoms with Gasteiger partial charge in [-0.15, -0.1) is 0 Å². The fourth-order valence-electron chi connectivity index (χ4n) is 4.62. The highest BCUT2D eigenvalue weighted by Gasteiger charge is 2.29. The summed E-state index contributed by atoms with van der Waals surface area (Å²) in [6, 6.07) is 6.47. The number of nitrogens with zero attached hydrogens (tertiary/aromatic N) is 4. The van der Waals surface area contributed by atoms with Crippen LogP contribution in [-0.4, -0.2) is 85.9 Å². The Kier molecular flexibility index (Phi) is 5.19. The fraction of sp³-hybridized carbons (Fsp3) is 0.619. The molecule has 0 saturated carbocycles. The van der Waals surface area contributed by atoms with Crippen molar-refractivity contribution in [3.05, 3.63) is 29.3 Å². The third kappa shape index (κ3) is 3.73. The van der Waals surface area contributed by atoms with Crippen molar-refractivity contribution < 1.29 is 9.59 Å². The molecule has 146 valence electrons. The van der Waals surface area contributed by atoms with Gasteiger partial charge in [0, 0.05) is 56.9 Å². The minimum absolute atomic E-state index is 0.125. The van der Waals surface area contributed by atoms with Crippen molar-refractivity contribution in [2.45, 2.75) is 31.7 Å². The van der Waals surface area contributed by atoms with Crippen molar-refractivity contribution in [2.75, 3.05) is 58.3 Å². The van der Waals surface area contributed by atoms with Crippen molar-refractivity contribution in [1.82, 2.24) is 14.7 Å². The molecule has 0 radical (unpaired) electrons. The average Bonchev–Trinajstić information content (AvgIpc) is 2.71. The second kappa shape index (κ2) is 7.60. The van der Waals surface area contributed by atoms with Gasteiger partial charge in [0.2, 0.25) is 5.91 Å². The lowest BCUT2D eigenvalue weighted by Gasteiger charge is -2.42. The van der Waals surface area contributed by atoms with Crippen LogP contribution in [0.3, 0.4) is 0 Å². The predicted octanol–water partition coefficient (Wildman–Crippen LogP) is 1.45. The molecule has 0 aromatic heterocycles. The van der Waals surface area contributed by atoms with Crippen LogP contribution in [0.25, 0.3) is 0 Å². The van der Waals surface area contributed by atoms with Crippen molar-refractivity contribution in [1.29, 1.82) is 0 Å². The number of benzene rings is 1. The molecule has 1 aromatic carbocycles. The number of piperazine rings is 1. The van der Waals surface area contributed by atoms with Crippen LogP contribution in [0.1, 0.15) is 35.2 Å². The van der Waals surface area contributed by atoms with E-state index in [-0.39, 0.29) is 11.8 Å². The SMILES string of the molecule is CN1CCC(N2CCN(C(=O)c3ccc4c(c3)CCC(=O)N4C)CC2)CC1. The molecule has 3 aliphatic rings. The van der Waals surface area contributed by atoms with Crippen molar-refractivity contribution in [2.24, 2.45) is 0 Å². The second-order valence-corrected chi connectivity index (χ2v) is 8.16. The van der Waals surface area contributed by atoms with Crippen LogP contribution in [0.2, 0.25) is 0 Å². The van der Waals surface area contributed by atoms with Gasteiger partial charge in [-0.2, -0.15) is 0 Å². The number of anilines is 1. The van der Waals surface area contributed by atoms with Gasteiger partial charge >= 0.3 is 0 Å². The zero-order valence-corrected chi connectivity index (χ0v) is 16.5. The van der Waals surface area contributed by atoms with Gasteiger partial charge in [0.25, 0.3) is 5.91 Å². The van der Waals surface area contributed by atoms with Crippen LogP contribution in [0.4, 0.5) is 5.69 Å². The lowest BCUT2D eigenvalue weighted by atomic mass is 9.98. The maximum absolute atomic E-state index is 13.0. The van der Waals surface area contributed by atoms with Gasteiger partial charge in [-0.3, -0.25) is 14.5 Å². The van der Waals surface area contributed by atoms with Gasteiger partial charge in [-0.1, -0.05) is 0 Å². The lowest BCUT2D eigenvalue weighted by Crippen LogP contribution is -2.54. The van der Waals surface area contributed by atoms with Crippen molar-refractivity contribution in [3.8, 4) is 0 Å². The molecule has 0 N–H and O–H groups in total. The number of likely N-dealkylation sites (tertiary alicyclic amines) is 1. The zero-order valence-electron chi connectivity index (χ0n) is 16.5. The molecule has 2 saturated heterocycles. The number of hydrogen-bond donors (Lipinski definition) is 0. The van der Waals surface area contributed by atoms with E-state index in [9.17, 15) is 9.59 Å². The summed E-state index contributed by atoms with van der Waals surface area (Å²) in [5.74, 6) is 0.270. The molecule has 6 nitrogen and oxygen atoms in total. The summed E-state index contributed by atoms with van der Waals surface area (Å²) in [5, 5.41) is 0. The Morgan fingerprint density at radius 3 is 2.37 bits per heavy atom. The Morgan fingerprint density at radius 1 is 0.963 bits per heavy atom. The smallest absolute Gasteiger partial charge is 0.253 e. The Bertz CT molecular complexity index is 719. The molecule has 0 atom stereocenters. The largest absolute Gasteiger partial charge is 0.336 e. The quantitative estimate of drug-likeness (QED) is 0.791. The third-order valence-electron chi connectivity index (χ3n) is 6.48. The summed E-state index contributed by atoms with van der Waals surface area (Å²) in [4.78, 5) is 33.5. The molecule has 1 aromatic rings. The highest BCUT2D eigenvalue weighted by molar-refractivity contribution is 5.99. The van der Waals surface area contributed by atoms with Gasteiger partial charge in [0.15, 0.2) is 0 Å². The van der Waals surface area contributed by atoms with E-state index < -0.39 is 0 Å². The van der Waals surface area contributed by atoms with Crippen LogP contribution >= 0.6 is 0 Å². The van der Waals surface area contributed by atoms with Gasteiger partial charge in [0.1, 0.15) is 0 Å². The normalized spacial score (nSPS) is 22.8. The van der Waals surface area contributed by atoms with E-state index in [0.717, 1.165) is 49.4 Å². The summed E-state index contributed by atoms with van der Waals surface area (Å²) in [7, 11) is 4.00. The molecular formula is C21H30N4O2. The van der Waals surface area contributed by atoms with Crippen molar-refractivity contribution >= 4 is 17.5 Å². The first-order chi connectivity index (χ1) is 13.0. The summed E-state index contributed by atoms with van der Waals surface area (Å²) in [6.45, 7) is 5.91. The molecule has 6 heteroatoms. The maximum atomic E-state index is 13.0. The van der Waals surface area contributed by atoms with Gasteiger partial charge in [-0.25, -0.2) is 0 Å². The van der Waals surface area contributed by atoms with E-state index in [4.69, 9.17) is 0 Å². The molecular weight excluding hydrogens is 340 g/mol. The van der Waals surface area contributed by atoms with Gasteiger partial charge in [-0.05, 0) is 63.2 Å². The molecule has 0 spiro atoms. The molecule has 0 bridgehead atoms. The molecule has 3 aliphatic heterocycles. The standard InChI is InChI=1S/C21H30N4O2/c1-22-9-7-18(8-10-22)24-11-13-25(14-12-24)21(27)17-3-5-19-16(15-17)4-6-20(26)23(19)2/h3,5,15,18H,4,6-14H2,1-2H3. The molecule has 0 aliphatic carbocycles. The molecule has 3 heterocycles. The summed E-state index contributed by atoms with van der Waals surface area (Å²) < 4.78 is 0. The fourth-order valence-corrected chi connectivity index (χ4v) is 4.62. The Hall–Kier alpha value is -1.92. The lowest BCUT2D eigenvalue weighted by molar-refractivity contribution is -0.118. The molecule has 27 heavy (non-hydrogen) atoms. The Balaban J connectivity index is 1.38. The molecule has 2 amide bonds. The van der Waals surface area contributed by atoms with Crippen LogP contribution in [0, 0.1) is 0 Å². The first-order valence-corrected chi connectivity index (χ1v) is 10.1. The van der Waals surface area contributed by atoms with Crippen molar-refractivity contribution in [3.63, 3.8) is 0 Å². The minimum Gasteiger partial charge on any atom is -0.336 e.